The molecule has 0 radical (unpaired) electrons. The van der Waals surface area contributed by atoms with Gasteiger partial charge in [0.05, 0.1) is 12.3 Å². The van der Waals surface area contributed by atoms with Gasteiger partial charge in [-0.15, -0.1) is 0 Å². The molecule has 0 spiro atoms. The van der Waals surface area contributed by atoms with Crippen LogP contribution in [0.3, 0.4) is 0 Å². The molecule has 0 unspecified atom stereocenters. The van der Waals surface area contributed by atoms with E-state index in [1.165, 1.54) is 0 Å². The van der Waals surface area contributed by atoms with Crippen LogP contribution in [0.4, 0.5) is 0 Å². The van der Waals surface area contributed by atoms with Crippen molar-refractivity contribution in [1.82, 2.24) is 4.90 Å². The van der Waals surface area contributed by atoms with Crippen molar-refractivity contribution in [2.45, 2.75) is 26.4 Å². The third kappa shape index (κ3) is 2.86. The van der Waals surface area contributed by atoms with E-state index in [1.807, 2.05) is 32.0 Å². The zero-order valence-electron chi connectivity index (χ0n) is 13.0. The summed E-state index contributed by atoms with van der Waals surface area (Å²) in [6, 6.07) is 5.74. The van der Waals surface area contributed by atoms with Crippen LogP contribution < -0.4 is 9.47 Å². The Labute approximate surface area is 129 Å². The van der Waals surface area contributed by atoms with E-state index in [2.05, 4.69) is 5.16 Å². The number of ether oxygens (including phenoxy) is 2. The van der Waals surface area contributed by atoms with Crippen molar-refractivity contribution in [1.29, 1.82) is 0 Å². The molecule has 1 amide bonds. The zero-order chi connectivity index (χ0) is 15.7. The van der Waals surface area contributed by atoms with E-state index in [0.29, 0.717) is 13.0 Å². The third-order valence-corrected chi connectivity index (χ3v) is 3.79. The molecule has 1 aromatic rings. The van der Waals surface area contributed by atoms with Crippen molar-refractivity contribution < 1.29 is 19.1 Å². The van der Waals surface area contributed by atoms with Gasteiger partial charge in [0.15, 0.2) is 17.6 Å². The molecule has 0 fully saturated rings. The number of rotatable bonds is 4. The molecule has 0 N–H and O–H groups in total. The van der Waals surface area contributed by atoms with Gasteiger partial charge in [0.2, 0.25) is 12.7 Å². The average molecular weight is 304 g/mol. The molecule has 3 rings (SSSR count). The minimum Gasteiger partial charge on any atom is -0.454 e. The van der Waals surface area contributed by atoms with Crippen LogP contribution >= 0.6 is 0 Å². The average Bonchev–Trinajstić information content (AvgIpc) is 3.13. The van der Waals surface area contributed by atoms with Crippen LogP contribution in [0.1, 0.15) is 25.8 Å². The van der Waals surface area contributed by atoms with Gasteiger partial charge in [0.1, 0.15) is 0 Å². The Morgan fingerprint density at radius 3 is 2.91 bits per heavy atom. The number of benzene rings is 1. The molecule has 1 aromatic carbocycles. The first-order valence-electron chi connectivity index (χ1n) is 7.42. The first kappa shape index (κ1) is 14.7. The molecule has 0 aliphatic carbocycles. The summed E-state index contributed by atoms with van der Waals surface area (Å²) in [6.45, 7) is 4.58. The van der Waals surface area contributed by atoms with Gasteiger partial charge in [0, 0.05) is 24.9 Å². The predicted octanol–water partition coefficient (Wildman–Crippen LogP) is 2.02. The highest BCUT2D eigenvalue weighted by atomic mass is 16.7. The van der Waals surface area contributed by atoms with Gasteiger partial charge in [-0.2, -0.15) is 0 Å². The highest BCUT2D eigenvalue weighted by Crippen LogP contribution is 2.33. The van der Waals surface area contributed by atoms with Crippen molar-refractivity contribution in [2.75, 3.05) is 20.4 Å². The number of oxime groups is 1. The summed E-state index contributed by atoms with van der Waals surface area (Å²) in [7, 11) is 1.80. The molecular weight excluding hydrogens is 284 g/mol. The summed E-state index contributed by atoms with van der Waals surface area (Å²) in [5.41, 5.74) is 1.83. The molecule has 6 heteroatoms. The van der Waals surface area contributed by atoms with Gasteiger partial charge in [-0.05, 0) is 18.2 Å². The summed E-state index contributed by atoms with van der Waals surface area (Å²) >= 11 is 0. The molecule has 1 atom stereocenters. The van der Waals surface area contributed by atoms with Gasteiger partial charge in [-0.25, -0.2) is 0 Å². The molecule has 0 saturated heterocycles. The Balaban J connectivity index is 1.61. The van der Waals surface area contributed by atoms with Gasteiger partial charge < -0.3 is 19.2 Å². The molecule has 0 aromatic heterocycles. The second-order valence-electron chi connectivity index (χ2n) is 5.91. The van der Waals surface area contributed by atoms with Crippen LogP contribution in [-0.2, 0) is 9.63 Å². The van der Waals surface area contributed by atoms with Gasteiger partial charge in [0.25, 0.3) is 0 Å². The molecule has 0 bridgehead atoms. The molecular formula is C16H20N2O4. The summed E-state index contributed by atoms with van der Waals surface area (Å²) in [4.78, 5) is 19.1. The van der Waals surface area contributed by atoms with E-state index in [4.69, 9.17) is 14.3 Å². The van der Waals surface area contributed by atoms with Gasteiger partial charge in [-0.3, -0.25) is 4.79 Å². The molecule has 22 heavy (non-hydrogen) atoms. The Morgan fingerprint density at radius 1 is 1.36 bits per heavy atom. The highest BCUT2D eigenvalue weighted by molar-refractivity contribution is 6.01. The minimum absolute atomic E-state index is 0.0133. The molecule has 2 heterocycles. The number of nitrogens with zero attached hydrogens (tertiary/aromatic N) is 2. The molecule has 2 aliphatic rings. The quantitative estimate of drug-likeness (QED) is 0.854. The molecule has 118 valence electrons. The lowest BCUT2D eigenvalue weighted by Crippen LogP contribution is -2.36. The lowest BCUT2D eigenvalue weighted by atomic mass is 10.0. The summed E-state index contributed by atoms with van der Waals surface area (Å²) < 4.78 is 10.7. The Kier molecular flexibility index (Phi) is 3.92. The maximum Gasteiger partial charge on any atom is 0.231 e. The lowest BCUT2D eigenvalue weighted by Gasteiger charge is -2.21. The topological polar surface area (TPSA) is 60.4 Å². The molecule has 6 nitrogen and oxygen atoms in total. The van der Waals surface area contributed by atoms with Crippen molar-refractivity contribution in [3.05, 3.63) is 23.8 Å². The van der Waals surface area contributed by atoms with Crippen molar-refractivity contribution in [3.63, 3.8) is 0 Å². The van der Waals surface area contributed by atoms with Crippen molar-refractivity contribution in [3.8, 4) is 11.5 Å². The van der Waals surface area contributed by atoms with E-state index in [1.54, 1.807) is 11.9 Å². The van der Waals surface area contributed by atoms with Gasteiger partial charge in [-0.1, -0.05) is 19.0 Å². The van der Waals surface area contributed by atoms with E-state index in [9.17, 15) is 4.79 Å². The van der Waals surface area contributed by atoms with E-state index < -0.39 is 0 Å². The third-order valence-electron chi connectivity index (χ3n) is 3.79. The predicted molar refractivity (Wildman–Crippen MR) is 81.1 cm³/mol. The maximum atomic E-state index is 11.9. The largest absolute Gasteiger partial charge is 0.454 e. The summed E-state index contributed by atoms with van der Waals surface area (Å²) in [5.74, 6) is 1.58. The number of hydrogen-bond acceptors (Lipinski definition) is 5. The number of hydrogen-bond donors (Lipinski definition) is 0. The number of likely N-dealkylation sites (N-methyl/N-ethyl adjacent to an activating group) is 1. The lowest BCUT2D eigenvalue weighted by molar-refractivity contribution is -0.134. The Bertz CT molecular complexity index is 612. The van der Waals surface area contributed by atoms with Gasteiger partial charge >= 0.3 is 0 Å². The fourth-order valence-electron chi connectivity index (χ4n) is 2.61. The monoisotopic (exact) mass is 304 g/mol. The Morgan fingerprint density at radius 2 is 2.14 bits per heavy atom. The summed E-state index contributed by atoms with van der Waals surface area (Å²) in [5, 5.41) is 4.15. The molecule has 2 aliphatic heterocycles. The number of carbonyl (C=O) groups excluding carboxylic acids is 1. The van der Waals surface area contributed by atoms with Crippen molar-refractivity contribution in [2.24, 2.45) is 11.1 Å². The van der Waals surface area contributed by atoms with Crippen LogP contribution in [0.5, 0.6) is 11.5 Å². The second kappa shape index (κ2) is 5.87. The van der Waals surface area contributed by atoms with Crippen LogP contribution in [0, 0.1) is 5.92 Å². The Hall–Kier alpha value is -2.24. The number of carbonyl (C=O) groups is 1. The van der Waals surface area contributed by atoms with E-state index in [0.717, 1.165) is 22.8 Å². The van der Waals surface area contributed by atoms with E-state index in [-0.39, 0.29) is 24.7 Å². The maximum absolute atomic E-state index is 11.9. The van der Waals surface area contributed by atoms with Crippen LogP contribution in [0.25, 0.3) is 0 Å². The highest BCUT2D eigenvalue weighted by Gasteiger charge is 2.26. The summed E-state index contributed by atoms with van der Waals surface area (Å²) in [6.07, 6.45) is 0.572. The number of amides is 1. The van der Waals surface area contributed by atoms with Crippen LogP contribution in [-0.4, -0.2) is 43.0 Å². The minimum atomic E-state index is -0.104. The molecule has 0 saturated carbocycles. The fraction of sp³-hybridized carbons (Fsp3) is 0.500. The standard InChI is InChI=1S/C16H20N2O4/c1-10(2)16(19)18(3)8-12-7-13(17-22-12)11-4-5-14-15(6-11)21-9-20-14/h4-6,10,12H,7-9H2,1-3H3/t12-/m0/s1. The fourth-order valence-corrected chi connectivity index (χ4v) is 2.61. The first-order chi connectivity index (χ1) is 10.5. The normalized spacial score (nSPS) is 19.1. The first-order valence-corrected chi connectivity index (χ1v) is 7.42. The SMILES string of the molecule is CC(C)C(=O)N(C)C[C@@H]1CC(c2ccc3c(c2)OCO3)=NO1. The smallest absolute Gasteiger partial charge is 0.231 e. The second-order valence-corrected chi connectivity index (χ2v) is 5.91. The van der Waals surface area contributed by atoms with E-state index >= 15 is 0 Å². The number of fused-ring (bicyclic) bond motifs is 1. The van der Waals surface area contributed by atoms with Crippen molar-refractivity contribution >= 4 is 11.6 Å². The van der Waals surface area contributed by atoms with Crippen LogP contribution in [0.2, 0.25) is 0 Å². The zero-order valence-corrected chi connectivity index (χ0v) is 13.0. The van der Waals surface area contributed by atoms with Crippen LogP contribution in [0.15, 0.2) is 23.4 Å².